The van der Waals surface area contributed by atoms with Gasteiger partial charge in [-0.3, -0.25) is 9.55 Å². The molecule has 17 heavy (non-hydrogen) atoms. The molecule has 0 saturated carbocycles. The van der Waals surface area contributed by atoms with Gasteiger partial charge < -0.3 is 0 Å². The number of benzene rings is 1. The molecule has 2 aromatic rings. The molecule has 0 saturated heterocycles. The van der Waals surface area contributed by atoms with Gasteiger partial charge in [0.1, 0.15) is 10.5 Å². The maximum atomic E-state index is 12.8. The van der Waals surface area contributed by atoms with E-state index in [1.165, 1.54) is 12.1 Å². The van der Waals surface area contributed by atoms with Crippen LogP contribution in [0.2, 0.25) is 0 Å². The normalized spacial score (nSPS) is 10.5. The van der Waals surface area contributed by atoms with Gasteiger partial charge in [0.05, 0.1) is 5.69 Å². The molecule has 1 N–H and O–H groups in total. The fraction of sp³-hybridized carbons (Fsp3) is 0.167. The lowest BCUT2D eigenvalue weighted by Crippen LogP contribution is -2.23. The summed E-state index contributed by atoms with van der Waals surface area (Å²) < 4.78 is 14.8. The van der Waals surface area contributed by atoms with Gasteiger partial charge in [-0.25, -0.2) is 9.18 Å². The second-order valence-electron chi connectivity index (χ2n) is 3.58. The Morgan fingerprint density at radius 2 is 2.00 bits per heavy atom. The predicted molar refractivity (Wildman–Crippen MR) is 67.0 cm³/mol. The predicted octanol–water partition coefficient (Wildman–Crippen LogP) is 2.73. The van der Waals surface area contributed by atoms with E-state index >= 15 is 0 Å². The molecule has 0 bridgehead atoms. The van der Waals surface area contributed by atoms with Crippen LogP contribution in [-0.4, -0.2) is 9.55 Å². The SMILES string of the molecule is CCn1c(-c2ccc(F)cc2)cc(=S)[nH]c1=O. The number of aromatic nitrogens is 2. The number of nitrogens with zero attached hydrogens (tertiary/aromatic N) is 1. The molecule has 0 aliphatic heterocycles. The lowest BCUT2D eigenvalue weighted by Gasteiger charge is -2.10. The Labute approximate surface area is 103 Å². The Morgan fingerprint density at radius 3 is 2.59 bits per heavy atom. The van der Waals surface area contributed by atoms with Gasteiger partial charge in [0.15, 0.2) is 0 Å². The van der Waals surface area contributed by atoms with Crippen LogP contribution in [0.15, 0.2) is 35.1 Å². The first-order valence-electron chi connectivity index (χ1n) is 5.22. The highest BCUT2D eigenvalue weighted by atomic mass is 32.1. The first-order valence-corrected chi connectivity index (χ1v) is 5.62. The maximum Gasteiger partial charge on any atom is 0.326 e. The van der Waals surface area contributed by atoms with Crippen molar-refractivity contribution in [2.24, 2.45) is 0 Å². The minimum absolute atomic E-state index is 0.251. The Morgan fingerprint density at radius 1 is 1.35 bits per heavy atom. The van der Waals surface area contributed by atoms with Gasteiger partial charge in [-0.15, -0.1) is 0 Å². The molecule has 0 atom stereocenters. The molecule has 3 nitrogen and oxygen atoms in total. The van der Waals surface area contributed by atoms with E-state index in [4.69, 9.17) is 12.2 Å². The fourth-order valence-corrected chi connectivity index (χ4v) is 1.89. The second kappa shape index (κ2) is 4.63. The summed E-state index contributed by atoms with van der Waals surface area (Å²) >= 11 is 4.98. The van der Waals surface area contributed by atoms with Crippen molar-refractivity contribution in [3.8, 4) is 11.3 Å². The van der Waals surface area contributed by atoms with E-state index in [-0.39, 0.29) is 11.5 Å². The summed E-state index contributed by atoms with van der Waals surface area (Å²) in [6, 6.07) is 7.68. The molecule has 0 aliphatic rings. The number of hydrogen-bond donors (Lipinski definition) is 1. The first-order chi connectivity index (χ1) is 8.11. The van der Waals surface area contributed by atoms with Crippen molar-refractivity contribution in [1.29, 1.82) is 0 Å². The smallest absolute Gasteiger partial charge is 0.298 e. The molecule has 88 valence electrons. The number of halogens is 1. The Bertz CT molecular complexity index is 643. The van der Waals surface area contributed by atoms with Gasteiger partial charge in [-0.2, -0.15) is 0 Å². The summed E-state index contributed by atoms with van der Waals surface area (Å²) in [5.74, 6) is -0.305. The summed E-state index contributed by atoms with van der Waals surface area (Å²) in [5.41, 5.74) is 1.21. The molecule has 2 rings (SSSR count). The highest BCUT2D eigenvalue weighted by Crippen LogP contribution is 2.18. The minimum Gasteiger partial charge on any atom is -0.298 e. The molecular weight excluding hydrogens is 239 g/mol. The van der Waals surface area contributed by atoms with Crippen molar-refractivity contribution in [3.63, 3.8) is 0 Å². The molecule has 0 amide bonds. The van der Waals surface area contributed by atoms with Gasteiger partial charge in [0, 0.05) is 6.54 Å². The second-order valence-corrected chi connectivity index (χ2v) is 4.01. The quantitative estimate of drug-likeness (QED) is 0.832. The highest BCUT2D eigenvalue weighted by Gasteiger charge is 2.05. The first kappa shape index (κ1) is 11.7. The zero-order valence-corrected chi connectivity index (χ0v) is 10.1. The Hall–Kier alpha value is -1.75. The monoisotopic (exact) mass is 250 g/mol. The van der Waals surface area contributed by atoms with E-state index in [2.05, 4.69) is 4.98 Å². The van der Waals surface area contributed by atoms with E-state index in [0.717, 1.165) is 5.56 Å². The van der Waals surface area contributed by atoms with Crippen molar-refractivity contribution < 1.29 is 4.39 Å². The zero-order valence-electron chi connectivity index (χ0n) is 9.24. The van der Waals surface area contributed by atoms with Crippen LogP contribution in [0.5, 0.6) is 0 Å². The highest BCUT2D eigenvalue weighted by molar-refractivity contribution is 7.71. The van der Waals surface area contributed by atoms with Gasteiger partial charge in [0.25, 0.3) is 0 Å². The van der Waals surface area contributed by atoms with Crippen LogP contribution >= 0.6 is 12.2 Å². The molecule has 1 aromatic carbocycles. The van der Waals surface area contributed by atoms with E-state index in [0.29, 0.717) is 16.9 Å². The summed E-state index contributed by atoms with van der Waals surface area (Å²) in [4.78, 5) is 14.3. The van der Waals surface area contributed by atoms with E-state index in [1.807, 2.05) is 6.92 Å². The lowest BCUT2D eigenvalue weighted by atomic mass is 10.1. The van der Waals surface area contributed by atoms with Gasteiger partial charge in [0.2, 0.25) is 0 Å². The molecule has 0 aliphatic carbocycles. The topological polar surface area (TPSA) is 37.8 Å². The Balaban J connectivity index is 2.70. The lowest BCUT2D eigenvalue weighted by molar-refractivity contribution is 0.628. The van der Waals surface area contributed by atoms with Crippen LogP contribution in [0.1, 0.15) is 6.92 Å². The van der Waals surface area contributed by atoms with Crippen molar-refractivity contribution >= 4 is 12.2 Å². The molecule has 0 fully saturated rings. The summed E-state index contributed by atoms with van der Waals surface area (Å²) in [6.45, 7) is 2.39. The van der Waals surface area contributed by atoms with Crippen LogP contribution < -0.4 is 5.69 Å². The summed E-state index contributed by atoms with van der Waals surface area (Å²) in [6.07, 6.45) is 0. The van der Waals surface area contributed by atoms with Crippen LogP contribution in [-0.2, 0) is 6.54 Å². The number of H-pyrrole nitrogens is 1. The molecule has 1 aromatic heterocycles. The molecule has 5 heteroatoms. The summed E-state index contributed by atoms with van der Waals surface area (Å²) in [5, 5.41) is 0. The van der Waals surface area contributed by atoms with Crippen molar-refractivity contribution in [2.45, 2.75) is 13.5 Å². The molecule has 1 heterocycles. The summed E-state index contributed by atoms with van der Waals surface area (Å²) in [7, 11) is 0. The molecular formula is C12H11FN2OS. The molecule has 0 radical (unpaired) electrons. The third kappa shape index (κ3) is 2.34. The number of hydrogen-bond acceptors (Lipinski definition) is 2. The maximum absolute atomic E-state index is 12.8. The van der Waals surface area contributed by atoms with Crippen LogP contribution in [0.3, 0.4) is 0 Å². The van der Waals surface area contributed by atoms with Crippen LogP contribution in [0.25, 0.3) is 11.3 Å². The molecule has 0 spiro atoms. The Kier molecular flexibility index (Phi) is 3.19. The van der Waals surface area contributed by atoms with Gasteiger partial charge >= 0.3 is 5.69 Å². The number of aromatic amines is 1. The van der Waals surface area contributed by atoms with E-state index < -0.39 is 0 Å². The van der Waals surface area contributed by atoms with E-state index in [9.17, 15) is 9.18 Å². The van der Waals surface area contributed by atoms with Crippen LogP contribution in [0, 0.1) is 10.5 Å². The largest absolute Gasteiger partial charge is 0.326 e. The minimum atomic E-state index is -0.305. The van der Waals surface area contributed by atoms with Crippen molar-refractivity contribution in [1.82, 2.24) is 9.55 Å². The van der Waals surface area contributed by atoms with Gasteiger partial charge in [-0.1, -0.05) is 12.2 Å². The van der Waals surface area contributed by atoms with Gasteiger partial charge in [-0.05, 0) is 42.8 Å². The van der Waals surface area contributed by atoms with E-state index in [1.54, 1.807) is 22.8 Å². The fourth-order valence-electron chi connectivity index (χ4n) is 1.69. The third-order valence-electron chi connectivity index (χ3n) is 2.49. The third-order valence-corrected chi connectivity index (χ3v) is 2.71. The molecule has 0 unspecified atom stereocenters. The number of nitrogens with one attached hydrogen (secondary N) is 1. The average molecular weight is 250 g/mol. The zero-order chi connectivity index (χ0) is 12.4. The standard InChI is InChI=1S/C12H11FN2OS/c1-2-15-10(7-11(17)14-12(15)16)8-3-5-9(13)6-4-8/h3-7H,2H2,1H3,(H,14,16,17). The average Bonchev–Trinajstić information content (AvgIpc) is 2.29. The van der Waals surface area contributed by atoms with Crippen LogP contribution in [0.4, 0.5) is 4.39 Å². The van der Waals surface area contributed by atoms with Crippen molar-refractivity contribution in [3.05, 3.63) is 51.3 Å². The van der Waals surface area contributed by atoms with Crippen molar-refractivity contribution in [2.75, 3.05) is 0 Å². The number of rotatable bonds is 2.